The normalized spacial score (nSPS) is 50.3. The minimum Gasteiger partial charge on any atom is -0.393 e. The monoisotopic (exact) mass is 330 g/mol. The average molecular weight is 330 g/mol. The van der Waals surface area contributed by atoms with Crippen LogP contribution < -0.4 is 0 Å². The van der Waals surface area contributed by atoms with Crippen LogP contribution in [0.15, 0.2) is 23.3 Å². The summed E-state index contributed by atoms with van der Waals surface area (Å²) >= 11 is 0. The lowest BCUT2D eigenvalue weighted by molar-refractivity contribution is -0.150. The molecule has 2 N–H and O–H groups in total. The van der Waals surface area contributed by atoms with E-state index in [0.29, 0.717) is 18.3 Å². The predicted octanol–water partition coefficient (Wildman–Crippen LogP) is 3.55. The van der Waals surface area contributed by atoms with Crippen molar-refractivity contribution in [2.24, 2.45) is 22.7 Å². The fourth-order valence-corrected chi connectivity index (χ4v) is 6.58. The van der Waals surface area contributed by atoms with Crippen molar-refractivity contribution in [2.75, 3.05) is 0 Å². The van der Waals surface area contributed by atoms with Gasteiger partial charge in [-0.2, -0.15) is 0 Å². The number of fused-ring (bicyclic) bond motifs is 5. The second-order valence-electron chi connectivity index (χ2n) is 9.19. The molecule has 0 spiro atoms. The molecule has 24 heavy (non-hydrogen) atoms. The Morgan fingerprint density at radius 1 is 1.08 bits per heavy atom. The average Bonchev–Trinajstić information content (AvgIpc) is 2.81. The molecule has 0 amide bonds. The van der Waals surface area contributed by atoms with Gasteiger partial charge in [-0.05, 0) is 69.1 Å². The van der Waals surface area contributed by atoms with E-state index in [-0.39, 0.29) is 22.7 Å². The number of Topliss-reactive ketones (excluding diaryl/α,β-unsaturated/α-hetero) is 1. The van der Waals surface area contributed by atoms with Crippen LogP contribution in [0, 0.1) is 22.7 Å². The third kappa shape index (κ3) is 1.89. The number of carbonyl (C=O) groups is 1. The summed E-state index contributed by atoms with van der Waals surface area (Å²) < 4.78 is 0. The Morgan fingerprint density at radius 2 is 1.79 bits per heavy atom. The fourth-order valence-electron chi connectivity index (χ4n) is 6.58. The van der Waals surface area contributed by atoms with E-state index in [4.69, 9.17) is 0 Å². The molecule has 6 atom stereocenters. The van der Waals surface area contributed by atoms with Crippen LogP contribution in [0.5, 0.6) is 0 Å². The molecule has 3 saturated carbocycles. The van der Waals surface area contributed by atoms with Gasteiger partial charge in [0.15, 0.2) is 5.78 Å². The van der Waals surface area contributed by atoms with Crippen LogP contribution in [-0.2, 0) is 4.79 Å². The predicted molar refractivity (Wildman–Crippen MR) is 93.3 cm³/mol. The first-order chi connectivity index (χ1) is 11.2. The van der Waals surface area contributed by atoms with Gasteiger partial charge >= 0.3 is 0 Å². The van der Waals surface area contributed by atoms with Gasteiger partial charge in [-0.1, -0.05) is 37.1 Å². The van der Waals surface area contributed by atoms with Gasteiger partial charge in [-0.25, -0.2) is 0 Å². The van der Waals surface area contributed by atoms with Gasteiger partial charge in [0.05, 0.1) is 6.10 Å². The summed E-state index contributed by atoms with van der Waals surface area (Å²) in [5.74, 6) is 0.759. The number of rotatable bonds is 1. The molecule has 4 rings (SSSR count). The molecule has 0 aromatic heterocycles. The molecule has 0 aromatic carbocycles. The summed E-state index contributed by atoms with van der Waals surface area (Å²) in [5, 5.41) is 21.2. The van der Waals surface area contributed by atoms with E-state index in [1.807, 2.05) is 0 Å². The molecule has 4 aliphatic rings. The molecule has 0 bridgehead atoms. The van der Waals surface area contributed by atoms with Gasteiger partial charge < -0.3 is 10.2 Å². The molecule has 4 aliphatic carbocycles. The number of allylic oxidation sites excluding steroid dienone is 3. The van der Waals surface area contributed by atoms with Crippen molar-refractivity contribution < 1.29 is 15.0 Å². The van der Waals surface area contributed by atoms with Crippen LogP contribution in [0.3, 0.4) is 0 Å². The summed E-state index contributed by atoms with van der Waals surface area (Å²) in [6, 6.07) is 0. The Hall–Kier alpha value is -0.930. The summed E-state index contributed by atoms with van der Waals surface area (Å²) in [7, 11) is 0. The van der Waals surface area contributed by atoms with Crippen molar-refractivity contribution in [3.8, 4) is 0 Å². The molecule has 3 fully saturated rings. The summed E-state index contributed by atoms with van der Waals surface area (Å²) in [4.78, 5) is 12.2. The highest BCUT2D eigenvalue weighted by atomic mass is 16.3. The molecule has 0 saturated heterocycles. The van der Waals surface area contributed by atoms with Crippen LogP contribution in [0.2, 0.25) is 0 Å². The smallest absolute Gasteiger partial charge is 0.161 e. The van der Waals surface area contributed by atoms with E-state index in [1.165, 1.54) is 11.1 Å². The second-order valence-corrected chi connectivity index (χ2v) is 9.19. The third-order valence-corrected chi connectivity index (χ3v) is 8.28. The number of aliphatic hydroxyl groups is 2. The largest absolute Gasteiger partial charge is 0.393 e. The first-order valence-corrected chi connectivity index (χ1v) is 9.55. The third-order valence-electron chi connectivity index (χ3n) is 8.28. The number of ketones is 1. The van der Waals surface area contributed by atoms with Crippen molar-refractivity contribution in [3.63, 3.8) is 0 Å². The lowest BCUT2D eigenvalue weighted by Gasteiger charge is -2.55. The zero-order valence-electron chi connectivity index (χ0n) is 15.1. The van der Waals surface area contributed by atoms with Crippen LogP contribution in [-0.4, -0.2) is 27.7 Å². The van der Waals surface area contributed by atoms with Crippen molar-refractivity contribution in [1.29, 1.82) is 0 Å². The lowest BCUT2D eigenvalue weighted by atomic mass is 9.50. The molecule has 0 aliphatic heterocycles. The topological polar surface area (TPSA) is 57.5 Å². The van der Waals surface area contributed by atoms with Crippen molar-refractivity contribution >= 4 is 5.78 Å². The number of carbonyl (C=O) groups excluding carboxylic acids is 1. The first-order valence-electron chi connectivity index (χ1n) is 9.55. The van der Waals surface area contributed by atoms with Crippen LogP contribution in [0.25, 0.3) is 0 Å². The van der Waals surface area contributed by atoms with Crippen molar-refractivity contribution in [2.45, 2.75) is 77.4 Å². The Kier molecular flexibility index (Phi) is 3.48. The van der Waals surface area contributed by atoms with Crippen LogP contribution >= 0.6 is 0 Å². The SMILES string of the molecule is CC(=O)C1(O)CCC2C3=CC=C4CC(O)CCC4(C)C3CCC21C. The van der Waals surface area contributed by atoms with E-state index >= 15 is 0 Å². The van der Waals surface area contributed by atoms with E-state index in [0.717, 1.165) is 38.5 Å². The Bertz CT molecular complexity index is 647. The van der Waals surface area contributed by atoms with Gasteiger partial charge in [0.25, 0.3) is 0 Å². The maximum atomic E-state index is 12.2. The van der Waals surface area contributed by atoms with Gasteiger partial charge in [-0.15, -0.1) is 0 Å². The number of hydrogen-bond donors (Lipinski definition) is 2. The Morgan fingerprint density at radius 3 is 2.50 bits per heavy atom. The fraction of sp³-hybridized carbons (Fsp3) is 0.762. The molecule has 0 aromatic rings. The summed E-state index contributed by atoms with van der Waals surface area (Å²) in [6.45, 7) is 6.06. The van der Waals surface area contributed by atoms with E-state index in [1.54, 1.807) is 6.92 Å². The molecule has 0 radical (unpaired) electrons. The summed E-state index contributed by atoms with van der Waals surface area (Å²) in [5.41, 5.74) is 1.54. The van der Waals surface area contributed by atoms with E-state index in [2.05, 4.69) is 26.0 Å². The molecular formula is C21H30O3. The molecule has 0 heterocycles. The minimum absolute atomic E-state index is 0.0643. The standard InChI is InChI=1S/C21H30O3/c1-13(22)21(24)11-8-18-16-5-4-14-12-15(23)6-9-19(14,2)17(16)7-10-20(18,21)3/h4-5,15,17-18,23-24H,6-12H2,1-3H3. The van der Waals surface area contributed by atoms with Gasteiger partial charge in [0.2, 0.25) is 0 Å². The Labute approximate surface area is 144 Å². The van der Waals surface area contributed by atoms with Gasteiger partial charge in [-0.3, -0.25) is 4.79 Å². The van der Waals surface area contributed by atoms with Crippen molar-refractivity contribution in [3.05, 3.63) is 23.3 Å². The molecular weight excluding hydrogens is 300 g/mol. The first kappa shape index (κ1) is 16.5. The zero-order chi connectivity index (χ0) is 17.3. The highest BCUT2D eigenvalue weighted by Crippen LogP contribution is 2.65. The van der Waals surface area contributed by atoms with Gasteiger partial charge in [0.1, 0.15) is 5.60 Å². The van der Waals surface area contributed by atoms with E-state index < -0.39 is 5.60 Å². The van der Waals surface area contributed by atoms with Crippen molar-refractivity contribution in [1.82, 2.24) is 0 Å². The number of hydrogen-bond acceptors (Lipinski definition) is 3. The maximum Gasteiger partial charge on any atom is 0.161 e. The Balaban J connectivity index is 1.75. The second kappa shape index (κ2) is 5.04. The van der Waals surface area contributed by atoms with Crippen LogP contribution in [0.4, 0.5) is 0 Å². The van der Waals surface area contributed by atoms with E-state index in [9.17, 15) is 15.0 Å². The molecule has 6 unspecified atom stereocenters. The minimum atomic E-state index is -1.16. The number of aliphatic hydroxyl groups excluding tert-OH is 1. The molecule has 3 heteroatoms. The molecule has 3 nitrogen and oxygen atoms in total. The lowest BCUT2D eigenvalue weighted by Crippen LogP contribution is -2.54. The highest BCUT2D eigenvalue weighted by Gasteiger charge is 2.63. The maximum absolute atomic E-state index is 12.2. The molecule has 132 valence electrons. The van der Waals surface area contributed by atoms with Crippen LogP contribution in [0.1, 0.15) is 65.7 Å². The highest BCUT2D eigenvalue weighted by molar-refractivity contribution is 5.86. The zero-order valence-corrected chi connectivity index (χ0v) is 15.1. The van der Waals surface area contributed by atoms with Gasteiger partial charge in [0, 0.05) is 5.41 Å². The quantitative estimate of drug-likeness (QED) is 0.773. The summed E-state index contributed by atoms with van der Waals surface area (Å²) in [6.07, 6.45) is 10.5.